The van der Waals surface area contributed by atoms with Gasteiger partial charge in [-0.1, -0.05) is 0 Å². The van der Waals surface area contributed by atoms with Crippen LogP contribution in [0.5, 0.6) is 0 Å². The second kappa shape index (κ2) is 12.3. The van der Waals surface area contributed by atoms with Gasteiger partial charge in [0.05, 0.1) is 0 Å². The van der Waals surface area contributed by atoms with Gasteiger partial charge in [-0.25, -0.2) is 0 Å². The molecule has 0 saturated carbocycles. The Balaban J connectivity index is 5.30. The Morgan fingerprint density at radius 2 is 0.957 bits per heavy atom. The molecule has 0 aromatic rings. The first-order valence-corrected chi connectivity index (χ1v) is 25.3. The molecule has 0 amide bonds. The van der Waals surface area contributed by atoms with Gasteiger partial charge in [0.2, 0.25) is 0 Å². The van der Waals surface area contributed by atoms with Crippen LogP contribution in [-0.2, 0) is 14.4 Å². The fourth-order valence-electron chi connectivity index (χ4n) is 1.41. The Hall–Kier alpha value is 1.91. The quantitative estimate of drug-likeness (QED) is 0.392. The van der Waals surface area contributed by atoms with E-state index in [9.17, 15) is 14.4 Å². The normalized spacial score (nSPS) is 12.3. The maximum absolute atomic E-state index is 11.8. The van der Waals surface area contributed by atoms with E-state index in [1.54, 1.807) is 45.6 Å². The molecule has 10 heteroatoms. The summed E-state index contributed by atoms with van der Waals surface area (Å²) in [5.74, 6) is 1.40. The van der Waals surface area contributed by atoms with E-state index in [1.807, 2.05) is 0 Å². The van der Waals surface area contributed by atoms with Crippen LogP contribution in [0.4, 0.5) is 0 Å². The first-order valence-electron chi connectivity index (χ1n) is 6.74. The second-order valence-electron chi connectivity index (χ2n) is 5.40. The molecule has 0 spiro atoms. The van der Waals surface area contributed by atoms with Gasteiger partial charge < -0.3 is 0 Å². The number of carbonyl (C=O) groups excluding carboxylic acids is 3. The van der Waals surface area contributed by atoms with Crippen molar-refractivity contribution in [3.63, 3.8) is 0 Å². The van der Waals surface area contributed by atoms with Gasteiger partial charge in [0.1, 0.15) is 0 Å². The molecular formula is C13H24O3S6Sn. The summed E-state index contributed by atoms with van der Waals surface area (Å²) in [5, 5.41) is 0.483. The Morgan fingerprint density at radius 3 is 1.13 bits per heavy atom. The summed E-state index contributed by atoms with van der Waals surface area (Å²) < 4.78 is 0.0325. The molecule has 23 heavy (non-hydrogen) atoms. The number of carbonyl (C=O) groups is 3. The minimum atomic E-state index is -3.09. The van der Waals surface area contributed by atoms with Crippen LogP contribution >= 0.6 is 62.1 Å². The van der Waals surface area contributed by atoms with Crippen LogP contribution in [-0.4, -0.2) is 65.6 Å². The van der Waals surface area contributed by atoms with Crippen molar-refractivity contribution in [3.05, 3.63) is 0 Å². The van der Waals surface area contributed by atoms with Crippen molar-refractivity contribution in [1.29, 1.82) is 0 Å². The van der Waals surface area contributed by atoms with Crippen LogP contribution in [0.25, 0.3) is 0 Å². The van der Waals surface area contributed by atoms with E-state index in [0.29, 0.717) is 17.3 Å². The van der Waals surface area contributed by atoms with Crippen molar-refractivity contribution < 1.29 is 14.4 Å². The van der Waals surface area contributed by atoms with Crippen molar-refractivity contribution in [2.24, 2.45) is 0 Å². The van der Waals surface area contributed by atoms with E-state index in [1.165, 1.54) is 35.3 Å². The summed E-state index contributed by atoms with van der Waals surface area (Å²) >= 11 is 0.651. The number of thioether (sulfide) groups is 3. The van der Waals surface area contributed by atoms with Crippen LogP contribution in [0.3, 0.4) is 0 Å². The molecule has 134 valence electrons. The predicted octanol–water partition coefficient (Wildman–Crippen LogP) is 4.59. The van der Waals surface area contributed by atoms with Gasteiger partial charge in [0, 0.05) is 0 Å². The van der Waals surface area contributed by atoms with Gasteiger partial charge in [0.25, 0.3) is 0 Å². The predicted molar refractivity (Wildman–Crippen MR) is 118 cm³/mol. The Kier molecular flexibility index (Phi) is 13.3. The van der Waals surface area contributed by atoms with E-state index in [-0.39, 0.29) is 18.8 Å². The Labute approximate surface area is 164 Å². The van der Waals surface area contributed by atoms with Gasteiger partial charge in [-0.15, -0.1) is 0 Å². The summed E-state index contributed by atoms with van der Waals surface area (Å²) in [6, 6.07) is 0. The molecule has 0 fully saturated rings. The fourth-order valence-corrected chi connectivity index (χ4v) is 42.2. The maximum atomic E-state index is 11.8. The van der Waals surface area contributed by atoms with Crippen molar-refractivity contribution in [2.45, 2.75) is 24.2 Å². The van der Waals surface area contributed by atoms with E-state index in [2.05, 4.69) is 20.8 Å². The molecule has 0 radical (unpaired) electrons. The Bertz CT molecular complexity index is 374. The molecule has 0 aromatic heterocycles. The van der Waals surface area contributed by atoms with Crippen molar-refractivity contribution in [3.8, 4) is 0 Å². The first-order chi connectivity index (χ1) is 10.6. The fraction of sp³-hybridized carbons (Fsp3) is 0.769. The molecule has 0 aliphatic rings. The van der Waals surface area contributed by atoms with Gasteiger partial charge >= 0.3 is 166 Å². The third kappa shape index (κ3) is 9.42. The number of hydrogen-bond acceptors (Lipinski definition) is 9. The topological polar surface area (TPSA) is 51.2 Å². The Morgan fingerprint density at radius 1 is 0.696 bits per heavy atom. The average Bonchev–Trinajstić information content (AvgIpc) is 2.51. The van der Waals surface area contributed by atoms with Crippen molar-refractivity contribution >= 4 is 91.7 Å². The summed E-state index contributed by atoms with van der Waals surface area (Å²) in [4.78, 5) is 35.4. The molecule has 0 N–H and O–H groups in total. The van der Waals surface area contributed by atoms with Crippen LogP contribution < -0.4 is 0 Å². The number of rotatable bonds is 9. The zero-order valence-corrected chi connectivity index (χ0v) is 22.0. The SMILES string of the molecule is CSC(=O)C[S][Sn]([S]CC(=O)SC)([S]CC(=O)SC)[C](C)(C)C. The van der Waals surface area contributed by atoms with E-state index in [0.717, 1.165) is 0 Å². The molecule has 0 saturated heterocycles. The van der Waals surface area contributed by atoms with Crippen LogP contribution in [0, 0.1) is 0 Å². The average molecular weight is 539 g/mol. The van der Waals surface area contributed by atoms with Crippen LogP contribution in [0.15, 0.2) is 0 Å². The summed E-state index contributed by atoms with van der Waals surface area (Å²) in [6.45, 7) is 6.56. The third-order valence-corrected chi connectivity index (χ3v) is 52.7. The van der Waals surface area contributed by atoms with E-state index < -0.39 is 14.2 Å². The van der Waals surface area contributed by atoms with E-state index >= 15 is 0 Å². The molecule has 0 aliphatic carbocycles. The van der Waals surface area contributed by atoms with Crippen LogP contribution in [0.1, 0.15) is 20.8 Å². The molecular weight excluding hydrogens is 515 g/mol. The third-order valence-electron chi connectivity index (χ3n) is 2.74. The molecule has 0 bridgehead atoms. The molecule has 0 heterocycles. The summed E-state index contributed by atoms with van der Waals surface area (Å²) in [5.41, 5.74) is 0. The molecule has 0 unspecified atom stereocenters. The second-order valence-corrected chi connectivity index (χ2v) is 42.1. The number of hydrogen-bond donors (Lipinski definition) is 0. The molecule has 0 atom stereocenters. The zero-order chi connectivity index (χ0) is 18.1. The van der Waals surface area contributed by atoms with Crippen molar-refractivity contribution in [2.75, 3.05) is 36.0 Å². The van der Waals surface area contributed by atoms with Gasteiger partial charge in [-0.05, 0) is 0 Å². The van der Waals surface area contributed by atoms with Crippen LogP contribution in [0.2, 0.25) is 3.43 Å². The van der Waals surface area contributed by atoms with Crippen molar-refractivity contribution in [1.82, 2.24) is 0 Å². The van der Waals surface area contributed by atoms with E-state index in [4.69, 9.17) is 0 Å². The van der Waals surface area contributed by atoms with Gasteiger partial charge in [0.15, 0.2) is 0 Å². The molecule has 0 rings (SSSR count). The zero-order valence-electron chi connectivity index (χ0n) is 14.3. The molecule has 0 aromatic carbocycles. The summed E-state index contributed by atoms with van der Waals surface area (Å²) in [7, 11) is 5.27. The van der Waals surface area contributed by atoms with Gasteiger partial charge in [-0.2, -0.15) is 0 Å². The molecule has 3 nitrogen and oxygen atoms in total. The monoisotopic (exact) mass is 540 g/mol. The minimum absolute atomic E-state index is 0.0325. The first kappa shape index (κ1) is 24.9. The molecule has 0 aliphatic heterocycles. The van der Waals surface area contributed by atoms with Gasteiger partial charge in [-0.3, -0.25) is 0 Å². The standard InChI is InChI=1S/C4H9.3C3H6OS2.Sn/c1-4(2)3;3*1-6-3(4)2-5;/h1-3H3;3*5H,2H2,1H3;/q;;;;+3/p-3. The summed E-state index contributed by atoms with van der Waals surface area (Å²) in [6.07, 6.45) is 5.39.